The van der Waals surface area contributed by atoms with Crippen molar-refractivity contribution in [3.05, 3.63) is 0 Å². The normalized spacial score (nSPS) is 33.8. The number of rotatable bonds is 3. The van der Waals surface area contributed by atoms with Crippen molar-refractivity contribution in [1.29, 1.82) is 0 Å². The van der Waals surface area contributed by atoms with Gasteiger partial charge in [-0.1, -0.05) is 25.7 Å². The Labute approximate surface area is 86.0 Å². The van der Waals surface area contributed by atoms with Gasteiger partial charge in [-0.15, -0.1) is 0 Å². The van der Waals surface area contributed by atoms with Crippen molar-refractivity contribution in [2.24, 2.45) is 11.8 Å². The van der Waals surface area contributed by atoms with Crippen LogP contribution in [0.1, 0.15) is 45.4 Å². The Hall–Kier alpha value is -0.370. The Morgan fingerprint density at radius 3 is 2.57 bits per heavy atom. The molecular weight excluding hydrogens is 176 g/mol. The van der Waals surface area contributed by atoms with Gasteiger partial charge in [0.1, 0.15) is 5.78 Å². The van der Waals surface area contributed by atoms with Gasteiger partial charge >= 0.3 is 0 Å². The summed E-state index contributed by atoms with van der Waals surface area (Å²) in [6, 6.07) is 0. The topological polar surface area (TPSA) is 26.3 Å². The van der Waals surface area contributed by atoms with Crippen LogP contribution in [0, 0.1) is 11.8 Å². The molecule has 0 radical (unpaired) electrons. The van der Waals surface area contributed by atoms with Gasteiger partial charge in [-0.25, -0.2) is 0 Å². The summed E-state index contributed by atoms with van der Waals surface area (Å²) in [6.45, 7) is 2.81. The van der Waals surface area contributed by atoms with Gasteiger partial charge in [0.25, 0.3) is 0 Å². The molecule has 2 atom stereocenters. The third kappa shape index (κ3) is 2.17. The van der Waals surface area contributed by atoms with Gasteiger partial charge in [-0.2, -0.15) is 0 Å². The fourth-order valence-electron chi connectivity index (χ4n) is 2.80. The number of hydrogen-bond donors (Lipinski definition) is 0. The molecule has 2 rings (SSSR count). The van der Waals surface area contributed by atoms with Gasteiger partial charge in [-0.05, 0) is 19.3 Å². The van der Waals surface area contributed by atoms with E-state index in [2.05, 4.69) is 0 Å². The van der Waals surface area contributed by atoms with Crippen LogP contribution in [0.5, 0.6) is 0 Å². The first-order valence-electron chi connectivity index (χ1n) is 5.91. The molecule has 0 N–H and O–H groups in total. The van der Waals surface area contributed by atoms with Gasteiger partial charge in [0.2, 0.25) is 0 Å². The van der Waals surface area contributed by atoms with E-state index in [0.717, 1.165) is 19.4 Å². The van der Waals surface area contributed by atoms with E-state index < -0.39 is 0 Å². The molecule has 0 spiro atoms. The molecule has 0 aromatic heterocycles. The molecule has 1 saturated carbocycles. The van der Waals surface area contributed by atoms with E-state index in [-0.39, 0.29) is 12.0 Å². The molecule has 0 aromatic rings. The number of carbonyl (C=O) groups is 1. The van der Waals surface area contributed by atoms with E-state index in [1.165, 1.54) is 25.7 Å². The summed E-state index contributed by atoms with van der Waals surface area (Å²) in [7, 11) is 0. The van der Waals surface area contributed by atoms with Crippen LogP contribution in [0.15, 0.2) is 0 Å². The number of ether oxygens (including phenoxy) is 1. The first-order chi connectivity index (χ1) is 6.77. The highest BCUT2D eigenvalue weighted by atomic mass is 16.5. The molecule has 1 heterocycles. The third-order valence-corrected chi connectivity index (χ3v) is 3.75. The molecule has 2 fully saturated rings. The number of Topliss-reactive ketones (excluding diaryl/α,β-unsaturated/α-hetero) is 1. The predicted molar refractivity (Wildman–Crippen MR) is 55.1 cm³/mol. The van der Waals surface area contributed by atoms with E-state index in [9.17, 15) is 4.79 Å². The highest BCUT2D eigenvalue weighted by Crippen LogP contribution is 2.31. The Morgan fingerprint density at radius 2 is 2.00 bits per heavy atom. The average molecular weight is 196 g/mol. The van der Waals surface area contributed by atoms with Crippen LogP contribution in [0.2, 0.25) is 0 Å². The van der Waals surface area contributed by atoms with E-state index in [0.29, 0.717) is 11.7 Å². The lowest BCUT2D eigenvalue weighted by Crippen LogP contribution is -2.23. The second-order valence-corrected chi connectivity index (χ2v) is 4.79. The van der Waals surface area contributed by atoms with Crippen molar-refractivity contribution in [1.82, 2.24) is 0 Å². The minimum absolute atomic E-state index is 0.170. The van der Waals surface area contributed by atoms with E-state index in [1.807, 2.05) is 6.92 Å². The van der Waals surface area contributed by atoms with Crippen molar-refractivity contribution in [2.45, 2.75) is 51.6 Å². The van der Waals surface area contributed by atoms with E-state index >= 15 is 0 Å². The van der Waals surface area contributed by atoms with Crippen molar-refractivity contribution >= 4 is 5.78 Å². The monoisotopic (exact) mass is 196 g/mol. The predicted octanol–water partition coefficient (Wildman–Crippen LogP) is 2.56. The summed E-state index contributed by atoms with van der Waals surface area (Å²) in [4.78, 5) is 11.9. The first kappa shape index (κ1) is 10.2. The van der Waals surface area contributed by atoms with Gasteiger partial charge in [0, 0.05) is 18.9 Å². The fraction of sp³-hybridized carbons (Fsp3) is 0.917. The number of ketones is 1. The Bertz CT molecular complexity index is 206. The van der Waals surface area contributed by atoms with Crippen LogP contribution < -0.4 is 0 Å². The molecule has 2 aliphatic rings. The van der Waals surface area contributed by atoms with Crippen LogP contribution in [-0.2, 0) is 9.53 Å². The van der Waals surface area contributed by atoms with Gasteiger partial charge in [-0.3, -0.25) is 4.79 Å². The first-order valence-corrected chi connectivity index (χ1v) is 5.91. The molecule has 1 aliphatic carbocycles. The Kier molecular flexibility index (Phi) is 3.22. The largest absolute Gasteiger partial charge is 0.378 e. The zero-order chi connectivity index (χ0) is 9.97. The quantitative estimate of drug-likeness (QED) is 0.693. The number of carbonyl (C=O) groups excluding carboxylic acids is 1. The van der Waals surface area contributed by atoms with Crippen LogP contribution in [0.4, 0.5) is 0 Å². The lowest BCUT2D eigenvalue weighted by Gasteiger charge is -2.15. The zero-order valence-corrected chi connectivity index (χ0v) is 9.00. The molecule has 0 amide bonds. The highest BCUT2D eigenvalue weighted by molar-refractivity contribution is 5.82. The minimum atomic E-state index is 0.170. The Morgan fingerprint density at radius 1 is 1.29 bits per heavy atom. The van der Waals surface area contributed by atoms with E-state index in [1.54, 1.807) is 0 Å². The van der Waals surface area contributed by atoms with Crippen molar-refractivity contribution in [2.75, 3.05) is 6.61 Å². The lowest BCUT2D eigenvalue weighted by atomic mass is 9.90. The molecule has 1 saturated heterocycles. The van der Waals surface area contributed by atoms with E-state index in [4.69, 9.17) is 4.74 Å². The van der Waals surface area contributed by atoms with Crippen molar-refractivity contribution in [3.63, 3.8) is 0 Å². The van der Waals surface area contributed by atoms with Crippen molar-refractivity contribution in [3.8, 4) is 0 Å². The third-order valence-electron chi connectivity index (χ3n) is 3.75. The smallest absolute Gasteiger partial charge is 0.138 e. The summed E-state index contributed by atoms with van der Waals surface area (Å²) in [6.07, 6.45) is 7.14. The van der Waals surface area contributed by atoms with Crippen molar-refractivity contribution < 1.29 is 9.53 Å². The summed E-state index contributed by atoms with van der Waals surface area (Å²) in [5.41, 5.74) is 0. The Balaban J connectivity index is 1.82. The van der Waals surface area contributed by atoms with Crippen LogP contribution in [0.3, 0.4) is 0 Å². The van der Waals surface area contributed by atoms with Gasteiger partial charge in [0.05, 0.1) is 6.10 Å². The molecule has 2 unspecified atom stereocenters. The summed E-state index contributed by atoms with van der Waals surface area (Å²) < 4.78 is 5.43. The van der Waals surface area contributed by atoms with Gasteiger partial charge < -0.3 is 4.74 Å². The fourth-order valence-corrected chi connectivity index (χ4v) is 2.80. The SMILES string of the molecule is CC1OCCC1C(=O)CC1CCCC1. The molecule has 0 bridgehead atoms. The zero-order valence-electron chi connectivity index (χ0n) is 9.00. The lowest BCUT2D eigenvalue weighted by molar-refractivity contribution is -0.125. The standard InChI is InChI=1S/C12H20O2/c1-9-11(6-7-14-9)12(13)8-10-4-2-3-5-10/h9-11H,2-8H2,1H3. The molecule has 0 aromatic carbocycles. The second kappa shape index (κ2) is 4.43. The highest BCUT2D eigenvalue weighted by Gasteiger charge is 2.32. The molecule has 1 aliphatic heterocycles. The number of hydrogen-bond acceptors (Lipinski definition) is 2. The van der Waals surface area contributed by atoms with Crippen LogP contribution >= 0.6 is 0 Å². The van der Waals surface area contributed by atoms with Crippen LogP contribution in [0.25, 0.3) is 0 Å². The molecule has 2 heteroatoms. The molecule has 80 valence electrons. The maximum Gasteiger partial charge on any atom is 0.138 e. The molecule has 14 heavy (non-hydrogen) atoms. The second-order valence-electron chi connectivity index (χ2n) is 4.79. The molecule has 2 nitrogen and oxygen atoms in total. The summed E-state index contributed by atoms with van der Waals surface area (Å²) in [5.74, 6) is 1.35. The van der Waals surface area contributed by atoms with Gasteiger partial charge in [0.15, 0.2) is 0 Å². The van der Waals surface area contributed by atoms with Crippen LogP contribution in [-0.4, -0.2) is 18.5 Å². The summed E-state index contributed by atoms with van der Waals surface area (Å²) >= 11 is 0. The minimum Gasteiger partial charge on any atom is -0.378 e. The maximum atomic E-state index is 11.9. The average Bonchev–Trinajstić information content (AvgIpc) is 2.75. The molecular formula is C12H20O2. The maximum absolute atomic E-state index is 11.9. The summed E-state index contributed by atoms with van der Waals surface area (Å²) in [5, 5.41) is 0.